The number of nitrogens with zero attached hydrogens (tertiary/aromatic N) is 1. The average Bonchev–Trinajstić information content (AvgIpc) is 3.16. The quantitative estimate of drug-likeness (QED) is 0.732. The summed E-state index contributed by atoms with van der Waals surface area (Å²) in [5.41, 5.74) is 0.741. The Morgan fingerprint density at radius 3 is 2.30 bits per heavy atom. The van der Waals surface area contributed by atoms with Crippen LogP contribution in [0.2, 0.25) is 0 Å². The van der Waals surface area contributed by atoms with E-state index in [2.05, 4.69) is 27.7 Å². The summed E-state index contributed by atoms with van der Waals surface area (Å²) in [5, 5.41) is 5.85. The maximum absolute atomic E-state index is 12.2. The topological polar surface area (TPSA) is 70.7 Å². The summed E-state index contributed by atoms with van der Waals surface area (Å²) < 4.78 is 5.24. The van der Waals surface area contributed by atoms with Crippen molar-refractivity contribution in [3.63, 3.8) is 0 Å². The lowest BCUT2D eigenvalue weighted by atomic mass is 9.96. The molecule has 1 aliphatic rings. The molecule has 150 valence electrons. The first-order valence-electron chi connectivity index (χ1n) is 9.74. The first kappa shape index (κ1) is 21.2. The lowest BCUT2D eigenvalue weighted by Crippen LogP contribution is -2.39. The van der Waals surface area contributed by atoms with E-state index in [4.69, 9.17) is 4.74 Å². The Morgan fingerprint density at radius 1 is 1.11 bits per heavy atom. The molecule has 0 radical (unpaired) electrons. The number of hydrogen-bond acceptors (Lipinski definition) is 4. The summed E-state index contributed by atoms with van der Waals surface area (Å²) in [6, 6.07) is 8.21. The van der Waals surface area contributed by atoms with Crippen molar-refractivity contribution < 1.29 is 14.3 Å². The van der Waals surface area contributed by atoms with Crippen molar-refractivity contribution in [2.24, 2.45) is 5.41 Å². The molecule has 1 heterocycles. The molecule has 6 heteroatoms. The molecule has 1 saturated heterocycles. The van der Waals surface area contributed by atoms with E-state index in [-0.39, 0.29) is 24.3 Å². The van der Waals surface area contributed by atoms with E-state index in [1.165, 1.54) is 18.4 Å². The molecule has 2 rings (SSSR count). The van der Waals surface area contributed by atoms with Crippen molar-refractivity contribution in [3.8, 4) is 5.75 Å². The van der Waals surface area contributed by atoms with Crippen LogP contribution in [0.15, 0.2) is 24.3 Å². The van der Waals surface area contributed by atoms with Crippen LogP contribution in [0.1, 0.15) is 51.6 Å². The third kappa shape index (κ3) is 6.54. The van der Waals surface area contributed by atoms with Gasteiger partial charge in [-0.15, -0.1) is 0 Å². The zero-order valence-corrected chi connectivity index (χ0v) is 17.0. The summed E-state index contributed by atoms with van der Waals surface area (Å²) in [6.45, 7) is 8.60. The zero-order chi connectivity index (χ0) is 19.9. The Kier molecular flexibility index (Phi) is 7.66. The minimum absolute atomic E-state index is 0.0384. The summed E-state index contributed by atoms with van der Waals surface area (Å²) in [6.07, 6.45) is 2.68. The fraction of sp³-hybridized carbons (Fsp3) is 0.619. The molecule has 0 bridgehead atoms. The number of methoxy groups -OCH3 is 1. The van der Waals surface area contributed by atoms with Gasteiger partial charge in [-0.1, -0.05) is 32.9 Å². The van der Waals surface area contributed by atoms with Gasteiger partial charge >= 0.3 is 0 Å². The number of amides is 2. The number of likely N-dealkylation sites (tertiary alicyclic amines) is 1. The minimum atomic E-state index is -0.439. The molecule has 2 N–H and O–H groups in total. The molecular weight excluding hydrogens is 342 g/mol. The average molecular weight is 376 g/mol. The van der Waals surface area contributed by atoms with Gasteiger partial charge in [0.1, 0.15) is 5.75 Å². The number of rotatable bonds is 8. The summed E-state index contributed by atoms with van der Waals surface area (Å²) in [7, 11) is 1.66. The van der Waals surface area contributed by atoms with Gasteiger partial charge in [0.05, 0.1) is 13.2 Å². The maximum atomic E-state index is 12.2. The second-order valence-corrected chi connectivity index (χ2v) is 8.09. The predicted octanol–water partition coefficient (Wildman–Crippen LogP) is 2.50. The van der Waals surface area contributed by atoms with E-state index >= 15 is 0 Å². The van der Waals surface area contributed by atoms with E-state index in [1.54, 1.807) is 7.11 Å². The molecule has 1 aliphatic heterocycles. The fourth-order valence-corrected chi connectivity index (χ4v) is 3.19. The Balaban J connectivity index is 1.87. The second-order valence-electron chi connectivity index (χ2n) is 8.09. The number of carbonyl (C=O) groups is 2. The molecule has 1 atom stereocenters. The van der Waals surface area contributed by atoms with E-state index in [0.717, 1.165) is 18.8 Å². The predicted molar refractivity (Wildman–Crippen MR) is 107 cm³/mol. The van der Waals surface area contributed by atoms with Crippen LogP contribution in [0.25, 0.3) is 0 Å². The molecule has 2 amide bonds. The molecule has 1 aromatic rings. The normalized spacial score (nSPS) is 16.0. The lowest BCUT2D eigenvalue weighted by molar-refractivity contribution is -0.128. The molecule has 6 nitrogen and oxygen atoms in total. The lowest BCUT2D eigenvalue weighted by Gasteiger charge is -2.28. The van der Waals surface area contributed by atoms with Crippen LogP contribution in [-0.4, -0.2) is 50.0 Å². The Bertz CT molecular complexity index is 617. The highest BCUT2D eigenvalue weighted by molar-refractivity contribution is 5.82. The first-order chi connectivity index (χ1) is 12.8. The van der Waals surface area contributed by atoms with Gasteiger partial charge in [-0.2, -0.15) is 0 Å². The molecule has 1 unspecified atom stereocenters. The van der Waals surface area contributed by atoms with Gasteiger partial charge in [-0.05, 0) is 43.6 Å². The van der Waals surface area contributed by atoms with Crippen LogP contribution >= 0.6 is 0 Å². The van der Waals surface area contributed by atoms with Gasteiger partial charge in [-0.3, -0.25) is 14.5 Å². The number of carbonyl (C=O) groups excluding carboxylic acids is 2. The van der Waals surface area contributed by atoms with E-state index in [9.17, 15) is 9.59 Å². The van der Waals surface area contributed by atoms with Crippen LogP contribution in [0.5, 0.6) is 5.75 Å². The van der Waals surface area contributed by atoms with Crippen LogP contribution in [0.4, 0.5) is 0 Å². The van der Waals surface area contributed by atoms with Crippen molar-refractivity contribution in [1.82, 2.24) is 15.5 Å². The van der Waals surface area contributed by atoms with Crippen LogP contribution < -0.4 is 15.4 Å². The molecule has 0 saturated carbocycles. The minimum Gasteiger partial charge on any atom is -0.497 e. The summed E-state index contributed by atoms with van der Waals surface area (Å²) in [5.74, 6) is 0.753. The zero-order valence-electron chi connectivity index (χ0n) is 17.0. The highest BCUT2D eigenvalue weighted by Crippen LogP contribution is 2.26. The molecule has 0 aliphatic carbocycles. The van der Waals surface area contributed by atoms with Gasteiger partial charge in [-0.25, -0.2) is 0 Å². The Hall–Kier alpha value is -2.08. The molecule has 1 fully saturated rings. The van der Waals surface area contributed by atoms with Crippen molar-refractivity contribution in [2.75, 3.05) is 33.3 Å². The Labute approximate surface area is 162 Å². The number of ether oxygens (including phenoxy) is 1. The number of benzene rings is 1. The SMILES string of the molecule is COc1ccc(C(CNC(=O)CCNC(=O)C(C)(C)C)N2CCCC2)cc1. The van der Waals surface area contributed by atoms with E-state index < -0.39 is 5.41 Å². The van der Waals surface area contributed by atoms with Crippen molar-refractivity contribution in [2.45, 2.75) is 46.1 Å². The summed E-state index contributed by atoms with van der Waals surface area (Å²) >= 11 is 0. The Morgan fingerprint density at radius 2 is 1.74 bits per heavy atom. The molecule has 0 aromatic heterocycles. The second kappa shape index (κ2) is 9.74. The van der Waals surface area contributed by atoms with Gasteiger partial charge in [0.15, 0.2) is 0 Å². The van der Waals surface area contributed by atoms with E-state index in [0.29, 0.717) is 13.1 Å². The number of nitrogens with one attached hydrogen (secondary N) is 2. The molecule has 27 heavy (non-hydrogen) atoms. The smallest absolute Gasteiger partial charge is 0.225 e. The van der Waals surface area contributed by atoms with Gasteiger partial charge in [0.25, 0.3) is 0 Å². The van der Waals surface area contributed by atoms with Crippen LogP contribution in [0, 0.1) is 5.41 Å². The monoisotopic (exact) mass is 375 g/mol. The van der Waals surface area contributed by atoms with E-state index in [1.807, 2.05) is 32.9 Å². The third-order valence-corrected chi connectivity index (χ3v) is 4.89. The van der Waals surface area contributed by atoms with Gasteiger partial charge in [0, 0.05) is 24.9 Å². The highest BCUT2D eigenvalue weighted by atomic mass is 16.5. The van der Waals surface area contributed by atoms with Crippen LogP contribution in [-0.2, 0) is 9.59 Å². The van der Waals surface area contributed by atoms with Crippen molar-refractivity contribution in [3.05, 3.63) is 29.8 Å². The summed E-state index contributed by atoms with van der Waals surface area (Å²) in [4.78, 5) is 26.5. The number of hydrogen-bond donors (Lipinski definition) is 2. The highest BCUT2D eigenvalue weighted by Gasteiger charge is 2.24. The standard InChI is InChI=1S/C21H33N3O3/c1-21(2,3)20(26)22-12-11-19(25)23-15-18(24-13-5-6-14-24)16-7-9-17(27-4)10-8-16/h7-10,18H,5-6,11-15H2,1-4H3,(H,22,26)(H,23,25). The van der Waals surface area contributed by atoms with Crippen molar-refractivity contribution in [1.29, 1.82) is 0 Å². The fourth-order valence-electron chi connectivity index (χ4n) is 3.19. The molecule has 1 aromatic carbocycles. The van der Waals surface area contributed by atoms with Crippen LogP contribution in [0.3, 0.4) is 0 Å². The van der Waals surface area contributed by atoms with Gasteiger partial charge < -0.3 is 15.4 Å². The first-order valence-corrected chi connectivity index (χ1v) is 9.74. The molecular formula is C21H33N3O3. The van der Waals surface area contributed by atoms with Crippen molar-refractivity contribution >= 4 is 11.8 Å². The largest absolute Gasteiger partial charge is 0.497 e. The molecule has 0 spiro atoms. The third-order valence-electron chi connectivity index (χ3n) is 4.89. The maximum Gasteiger partial charge on any atom is 0.225 e. The van der Waals surface area contributed by atoms with Gasteiger partial charge in [0.2, 0.25) is 11.8 Å².